The van der Waals surface area contributed by atoms with E-state index in [1.807, 2.05) is 0 Å². The Morgan fingerprint density at radius 2 is 2.42 bits per heavy atom. The predicted octanol–water partition coefficient (Wildman–Crippen LogP) is 0.841. The molecule has 0 unspecified atom stereocenters. The smallest absolute Gasteiger partial charge is 0.155 e. The van der Waals surface area contributed by atoms with E-state index in [9.17, 15) is 0 Å². The second-order valence-electron chi connectivity index (χ2n) is 2.41. The van der Waals surface area contributed by atoms with E-state index in [1.165, 1.54) is 0 Å². The van der Waals surface area contributed by atoms with Gasteiger partial charge < -0.3 is 5.73 Å². The molecule has 4 nitrogen and oxygen atoms in total. The molecule has 0 spiro atoms. The summed E-state index contributed by atoms with van der Waals surface area (Å²) >= 11 is 5.72. The number of hydrogen-bond acceptors (Lipinski definition) is 3. The quantitative estimate of drug-likeness (QED) is 0.711. The molecule has 0 bridgehead atoms. The Kier molecular flexibility index (Phi) is 1.71. The van der Waals surface area contributed by atoms with Gasteiger partial charge in [0.25, 0.3) is 0 Å². The van der Waals surface area contributed by atoms with Gasteiger partial charge in [-0.1, -0.05) is 11.6 Å². The number of halogens is 1. The normalized spacial score (nSPS) is 10.8. The molecule has 0 radical (unpaired) electrons. The summed E-state index contributed by atoms with van der Waals surface area (Å²) < 4.78 is 1.65. The van der Waals surface area contributed by atoms with E-state index < -0.39 is 0 Å². The molecule has 0 fully saturated rings. The fraction of sp³-hybridized carbons (Fsp3) is 0.143. The first-order valence-corrected chi connectivity index (χ1v) is 3.87. The zero-order chi connectivity index (χ0) is 8.55. The highest BCUT2D eigenvalue weighted by Gasteiger charge is 2.00. The number of hydrogen-bond donors (Lipinski definition) is 1. The zero-order valence-corrected chi connectivity index (χ0v) is 6.99. The van der Waals surface area contributed by atoms with Crippen molar-refractivity contribution < 1.29 is 0 Å². The minimum atomic E-state index is 0.418. The fourth-order valence-electron chi connectivity index (χ4n) is 1.00. The van der Waals surface area contributed by atoms with E-state index in [0.717, 1.165) is 11.3 Å². The lowest BCUT2D eigenvalue weighted by molar-refractivity contribution is 0.928. The fourth-order valence-corrected chi connectivity index (χ4v) is 1.14. The van der Waals surface area contributed by atoms with E-state index in [1.54, 1.807) is 23.0 Å². The molecule has 2 aromatic heterocycles. The maximum Gasteiger partial charge on any atom is 0.155 e. The second-order valence-corrected chi connectivity index (χ2v) is 2.85. The van der Waals surface area contributed by atoms with E-state index >= 15 is 0 Å². The molecule has 0 saturated carbocycles. The minimum absolute atomic E-state index is 0.418. The van der Waals surface area contributed by atoms with Gasteiger partial charge >= 0.3 is 0 Å². The molecule has 2 aromatic rings. The lowest BCUT2D eigenvalue weighted by atomic mass is 10.5. The summed E-state index contributed by atoms with van der Waals surface area (Å²) in [5, 5.41) is 4.60. The van der Waals surface area contributed by atoms with Crippen LogP contribution in [0.3, 0.4) is 0 Å². The van der Waals surface area contributed by atoms with Crippen molar-refractivity contribution in [2.24, 2.45) is 5.73 Å². The van der Waals surface area contributed by atoms with Crippen molar-refractivity contribution in [3.8, 4) is 0 Å². The molecule has 2 N–H and O–H groups in total. The van der Waals surface area contributed by atoms with Crippen LogP contribution in [0.2, 0.25) is 5.02 Å². The lowest BCUT2D eigenvalue weighted by Crippen LogP contribution is -1.95. The van der Waals surface area contributed by atoms with Crippen LogP contribution in [0.15, 0.2) is 18.5 Å². The van der Waals surface area contributed by atoms with Crippen LogP contribution >= 0.6 is 11.6 Å². The van der Waals surface area contributed by atoms with Crippen LogP contribution in [0.1, 0.15) is 5.69 Å². The number of nitrogens with two attached hydrogens (primary N) is 1. The van der Waals surface area contributed by atoms with Gasteiger partial charge in [-0.2, -0.15) is 5.10 Å². The monoisotopic (exact) mass is 182 g/mol. The number of fused-ring (bicyclic) bond motifs is 1. The number of aromatic nitrogens is 3. The molecule has 0 aliphatic heterocycles. The largest absolute Gasteiger partial charge is 0.325 e. The molecule has 2 rings (SSSR count). The summed E-state index contributed by atoms with van der Waals surface area (Å²) in [6, 6.07) is 1.74. The van der Waals surface area contributed by atoms with Crippen molar-refractivity contribution in [1.29, 1.82) is 0 Å². The van der Waals surface area contributed by atoms with Gasteiger partial charge in [0.1, 0.15) is 0 Å². The molecule has 0 atom stereocenters. The average molecular weight is 183 g/mol. The SMILES string of the molecule is NCc1cn2ncc(Cl)cc2n1. The van der Waals surface area contributed by atoms with Crippen molar-refractivity contribution in [3.05, 3.63) is 29.2 Å². The topological polar surface area (TPSA) is 56.2 Å². The van der Waals surface area contributed by atoms with E-state index in [2.05, 4.69) is 10.1 Å². The first-order chi connectivity index (χ1) is 5.79. The van der Waals surface area contributed by atoms with Gasteiger partial charge in [0.2, 0.25) is 0 Å². The summed E-state index contributed by atoms with van der Waals surface area (Å²) in [5.41, 5.74) is 6.95. The molecular weight excluding hydrogens is 176 g/mol. The summed E-state index contributed by atoms with van der Waals surface area (Å²) in [7, 11) is 0. The Bertz CT molecular complexity index is 409. The van der Waals surface area contributed by atoms with Crippen LogP contribution in [0.4, 0.5) is 0 Å². The molecule has 0 amide bonds. The predicted molar refractivity (Wildman–Crippen MR) is 45.9 cm³/mol. The third-order valence-corrected chi connectivity index (χ3v) is 1.75. The number of rotatable bonds is 1. The van der Waals surface area contributed by atoms with Crippen molar-refractivity contribution >= 4 is 17.2 Å². The molecule has 2 heterocycles. The highest BCUT2D eigenvalue weighted by molar-refractivity contribution is 6.30. The second kappa shape index (κ2) is 2.73. The molecular formula is C7H7ClN4. The van der Waals surface area contributed by atoms with Gasteiger partial charge in [0.15, 0.2) is 5.65 Å². The Hall–Kier alpha value is -1.13. The van der Waals surface area contributed by atoms with Gasteiger partial charge in [0, 0.05) is 12.6 Å². The highest BCUT2D eigenvalue weighted by atomic mass is 35.5. The third kappa shape index (κ3) is 1.15. The molecule has 0 aliphatic carbocycles. The molecule has 12 heavy (non-hydrogen) atoms. The Morgan fingerprint density at radius 3 is 3.17 bits per heavy atom. The summed E-state index contributed by atoms with van der Waals surface area (Å²) in [4.78, 5) is 4.18. The van der Waals surface area contributed by atoms with Crippen molar-refractivity contribution in [2.45, 2.75) is 6.54 Å². The van der Waals surface area contributed by atoms with Gasteiger partial charge in [0.05, 0.1) is 23.1 Å². The number of imidazole rings is 1. The van der Waals surface area contributed by atoms with Crippen LogP contribution in [-0.2, 0) is 6.54 Å². The van der Waals surface area contributed by atoms with Crippen molar-refractivity contribution in [1.82, 2.24) is 14.6 Å². The molecule has 62 valence electrons. The highest BCUT2D eigenvalue weighted by Crippen LogP contribution is 2.09. The summed E-state index contributed by atoms with van der Waals surface area (Å²) in [5.74, 6) is 0. The van der Waals surface area contributed by atoms with Crippen molar-refractivity contribution in [3.63, 3.8) is 0 Å². The lowest BCUT2D eigenvalue weighted by Gasteiger charge is -1.89. The zero-order valence-electron chi connectivity index (χ0n) is 6.24. The van der Waals surface area contributed by atoms with Gasteiger partial charge in [-0.15, -0.1) is 0 Å². The minimum Gasteiger partial charge on any atom is -0.325 e. The van der Waals surface area contributed by atoms with E-state index in [0.29, 0.717) is 11.6 Å². The maximum absolute atomic E-state index is 5.72. The molecule has 5 heteroatoms. The van der Waals surface area contributed by atoms with E-state index in [-0.39, 0.29) is 0 Å². The molecule has 0 saturated heterocycles. The standard InChI is InChI=1S/C7H7ClN4/c8-5-1-7-11-6(2-9)4-12(7)10-3-5/h1,3-4H,2,9H2. The Balaban J connectivity index is 2.67. The van der Waals surface area contributed by atoms with Gasteiger partial charge in [-0.3, -0.25) is 0 Å². The Labute approximate surface area is 74.0 Å². The van der Waals surface area contributed by atoms with E-state index in [4.69, 9.17) is 17.3 Å². The van der Waals surface area contributed by atoms with Crippen LogP contribution in [-0.4, -0.2) is 14.6 Å². The third-order valence-electron chi connectivity index (χ3n) is 1.55. The summed E-state index contributed by atoms with van der Waals surface area (Å²) in [6.07, 6.45) is 3.35. The maximum atomic E-state index is 5.72. The molecule has 0 aromatic carbocycles. The molecule has 0 aliphatic rings. The van der Waals surface area contributed by atoms with Crippen LogP contribution < -0.4 is 5.73 Å². The first kappa shape index (κ1) is 7.52. The van der Waals surface area contributed by atoms with Gasteiger partial charge in [-0.05, 0) is 0 Å². The van der Waals surface area contributed by atoms with Gasteiger partial charge in [-0.25, -0.2) is 9.50 Å². The van der Waals surface area contributed by atoms with Crippen molar-refractivity contribution in [2.75, 3.05) is 0 Å². The summed E-state index contributed by atoms with van der Waals surface area (Å²) in [6.45, 7) is 0.418. The first-order valence-electron chi connectivity index (χ1n) is 3.49. The Morgan fingerprint density at radius 1 is 1.58 bits per heavy atom. The number of nitrogens with zero attached hydrogens (tertiary/aromatic N) is 3. The average Bonchev–Trinajstić information content (AvgIpc) is 2.46. The van der Waals surface area contributed by atoms with Crippen LogP contribution in [0.25, 0.3) is 5.65 Å². The van der Waals surface area contributed by atoms with Crippen LogP contribution in [0.5, 0.6) is 0 Å². The van der Waals surface area contributed by atoms with Crippen LogP contribution in [0, 0.1) is 0 Å².